The minimum Gasteiger partial charge on any atom is -0.489 e. The molecule has 1 heterocycles. The lowest BCUT2D eigenvalue weighted by atomic mass is 10.2. The monoisotopic (exact) mass is 386 g/mol. The second-order valence-corrected chi connectivity index (χ2v) is 6.96. The molecule has 0 saturated heterocycles. The second kappa shape index (κ2) is 8.83. The molecule has 0 bridgehead atoms. The highest BCUT2D eigenvalue weighted by Crippen LogP contribution is 2.26. The fourth-order valence-corrected chi connectivity index (χ4v) is 3.31. The number of hydrogen-bond acceptors (Lipinski definition) is 4. The standard InChI is InChI=1S/C20H19ClN2O2S/c1-2-11-22-19(24)18-13-26-20(23-18)14-7-9-16(10-8-14)25-12-15-5-3-4-6-17(15)21/h3-10,13H,2,11-12H2,1H3,(H,22,24). The molecule has 0 aliphatic rings. The number of nitrogens with zero attached hydrogens (tertiary/aromatic N) is 1. The Hall–Kier alpha value is -2.37. The number of nitrogens with one attached hydrogen (secondary N) is 1. The number of amides is 1. The number of carbonyl (C=O) groups is 1. The summed E-state index contributed by atoms with van der Waals surface area (Å²) >= 11 is 7.59. The molecule has 1 N–H and O–H groups in total. The van der Waals surface area contributed by atoms with Crippen molar-refractivity contribution in [2.45, 2.75) is 20.0 Å². The molecule has 2 aromatic carbocycles. The minimum atomic E-state index is -0.131. The van der Waals surface area contributed by atoms with E-state index in [1.165, 1.54) is 11.3 Å². The summed E-state index contributed by atoms with van der Waals surface area (Å²) in [5, 5.41) is 6.12. The van der Waals surface area contributed by atoms with Gasteiger partial charge in [-0.05, 0) is 36.8 Å². The third-order valence-electron chi connectivity index (χ3n) is 3.73. The molecule has 0 fully saturated rings. The SMILES string of the molecule is CCCNC(=O)c1csc(-c2ccc(OCc3ccccc3Cl)cc2)n1. The number of ether oxygens (including phenoxy) is 1. The van der Waals surface area contributed by atoms with Crippen LogP contribution in [0.15, 0.2) is 53.9 Å². The summed E-state index contributed by atoms with van der Waals surface area (Å²) in [5.41, 5.74) is 2.35. The number of benzene rings is 2. The van der Waals surface area contributed by atoms with E-state index >= 15 is 0 Å². The van der Waals surface area contributed by atoms with Crippen LogP contribution in [0.2, 0.25) is 5.02 Å². The summed E-state index contributed by atoms with van der Waals surface area (Å²) in [6.45, 7) is 3.09. The van der Waals surface area contributed by atoms with Crippen LogP contribution in [0, 0.1) is 0 Å². The number of carbonyl (C=O) groups excluding carboxylic acids is 1. The average molecular weight is 387 g/mol. The zero-order valence-electron chi connectivity index (χ0n) is 14.4. The zero-order valence-corrected chi connectivity index (χ0v) is 15.9. The predicted octanol–water partition coefficient (Wildman–Crippen LogP) is 5.18. The molecule has 0 radical (unpaired) electrons. The first-order valence-corrected chi connectivity index (χ1v) is 9.63. The molecule has 0 saturated carbocycles. The number of aromatic nitrogens is 1. The lowest BCUT2D eigenvalue weighted by Crippen LogP contribution is -2.24. The fraction of sp³-hybridized carbons (Fsp3) is 0.200. The van der Waals surface area contributed by atoms with E-state index in [1.54, 1.807) is 5.38 Å². The molecule has 26 heavy (non-hydrogen) atoms. The average Bonchev–Trinajstić information content (AvgIpc) is 3.16. The highest BCUT2D eigenvalue weighted by atomic mass is 35.5. The van der Waals surface area contributed by atoms with E-state index in [2.05, 4.69) is 10.3 Å². The van der Waals surface area contributed by atoms with Crippen LogP contribution in [-0.2, 0) is 6.61 Å². The van der Waals surface area contributed by atoms with Crippen molar-refractivity contribution in [3.05, 3.63) is 70.2 Å². The van der Waals surface area contributed by atoms with Crippen molar-refractivity contribution in [3.63, 3.8) is 0 Å². The molecule has 3 rings (SSSR count). The van der Waals surface area contributed by atoms with Crippen molar-refractivity contribution < 1.29 is 9.53 Å². The maximum Gasteiger partial charge on any atom is 0.270 e. The molecule has 0 atom stereocenters. The Bertz CT molecular complexity index is 878. The predicted molar refractivity (Wildman–Crippen MR) is 106 cm³/mol. The summed E-state index contributed by atoms with van der Waals surface area (Å²) in [7, 11) is 0. The lowest BCUT2D eigenvalue weighted by molar-refractivity contribution is 0.0949. The van der Waals surface area contributed by atoms with Crippen molar-refractivity contribution in [1.82, 2.24) is 10.3 Å². The molecule has 1 amide bonds. The van der Waals surface area contributed by atoms with Gasteiger partial charge < -0.3 is 10.1 Å². The van der Waals surface area contributed by atoms with Crippen LogP contribution in [0.3, 0.4) is 0 Å². The lowest BCUT2D eigenvalue weighted by Gasteiger charge is -2.08. The second-order valence-electron chi connectivity index (χ2n) is 5.70. The molecule has 1 aromatic heterocycles. The van der Waals surface area contributed by atoms with Crippen LogP contribution < -0.4 is 10.1 Å². The van der Waals surface area contributed by atoms with Gasteiger partial charge in [0.15, 0.2) is 0 Å². The van der Waals surface area contributed by atoms with Gasteiger partial charge in [-0.1, -0.05) is 36.7 Å². The Morgan fingerprint density at radius 1 is 1.19 bits per heavy atom. The third kappa shape index (κ3) is 4.62. The van der Waals surface area contributed by atoms with E-state index in [0.717, 1.165) is 28.3 Å². The molecule has 3 aromatic rings. The largest absolute Gasteiger partial charge is 0.489 e. The van der Waals surface area contributed by atoms with Gasteiger partial charge in [0.25, 0.3) is 5.91 Å². The van der Waals surface area contributed by atoms with Crippen molar-refractivity contribution >= 4 is 28.8 Å². The topological polar surface area (TPSA) is 51.2 Å². The Kier molecular flexibility index (Phi) is 6.26. The van der Waals surface area contributed by atoms with Gasteiger partial charge in [-0.3, -0.25) is 4.79 Å². The minimum absolute atomic E-state index is 0.131. The first-order chi connectivity index (χ1) is 12.7. The Balaban J connectivity index is 1.63. The van der Waals surface area contributed by atoms with Gasteiger partial charge in [-0.15, -0.1) is 11.3 Å². The van der Waals surface area contributed by atoms with Crippen LogP contribution in [-0.4, -0.2) is 17.4 Å². The van der Waals surface area contributed by atoms with Gasteiger partial charge in [0.05, 0.1) is 0 Å². The van der Waals surface area contributed by atoms with E-state index < -0.39 is 0 Å². The summed E-state index contributed by atoms with van der Waals surface area (Å²) in [6.07, 6.45) is 0.901. The maximum absolute atomic E-state index is 12.0. The van der Waals surface area contributed by atoms with Crippen LogP contribution in [0.1, 0.15) is 29.4 Å². The summed E-state index contributed by atoms with van der Waals surface area (Å²) < 4.78 is 5.79. The number of hydrogen-bond donors (Lipinski definition) is 1. The molecular formula is C20H19ClN2O2S. The van der Waals surface area contributed by atoms with Crippen LogP contribution in [0.25, 0.3) is 10.6 Å². The van der Waals surface area contributed by atoms with Crippen molar-refractivity contribution in [1.29, 1.82) is 0 Å². The summed E-state index contributed by atoms with van der Waals surface area (Å²) in [6, 6.07) is 15.3. The number of thiazole rings is 1. The first kappa shape index (κ1) is 18.4. The quantitative estimate of drug-likeness (QED) is 0.608. The fourth-order valence-electron chi connectivity index (χ4n) is 2.31. The smallest absolute Gasteiger partial charge is 0.270 e. The van der Waals surface area contributed by atoms with Gasteiger partial charge in [-0.2, -0.15) is 0 Å². The van der Waals surface area contributed by atoms with Gasteiger partial charge in [0.1, 0.15) is 23.1 Å². The summed E-state index contributed by atoms with van der Waals surface area (Å²) in [5.74, 6) is 0.625. The van der Waals surface area contributed by atoms with Gasteiger partial charge in [0, 0.05) is 28.1 Å². The number of rotatable bonds is 7. The molecule has 6 heteroatoms. The molecule has 0 spiro atoms. The van der Waals surface area contributed by atoms with E-state index in [0.29, 0.717) is 23.9 Å². The van der Waals surface area contributed by atoms with E-state index in [1.807, 2.05) is 55.5 Å². The zero-order chi connectivity index (χ0) is 18.4. The van der Waals surface area contributed by atoms with E-state index in [4.69, 9.17) is 16.3 Å². The molecule has 0 aliphatic heterocycles. The Morgan fingerprint density at radius 3 is 2.69 bits per heavy atom. The highest BCUT2D eigenvalue weighted by molar-refractivity contribution is 7.13. The number of halogens is 1. The van der Waals surface area contributed by atoms with E-state index in [9.17, 15) is 4.79 Å². The maximum atomic E-state index is 12.0. The molecule has 4 nitrogen and oxygen atoms in total. The van der Waals surface area contributed by atoms with Crippen LogP contribution >= 0.6 is 22.9 Å². The highest BCUT2D eigenvalue weighted by Gasteiger charge is 2.11. The van der Waals surface area contributed by atoms with Crippen molar-refractivity contribution in [2.75, 3.05) is 6.54 Å². The van der Waals surface area contributed by atoms with Crippen molar-refractivity contribution in [3.8, 4) is 16.3 Å². The van der Waals surface area contributed by atoms with Gasteiger partial charge in [0.2, 0.25) is 0 Å². The Labute approximate surface area is 161 Å². The third-order valence-corrected chi connectivity index (χ3v) is 4.99. The molecular weight excluding hydrogens is 368 g/mol. The first-order valence-electron chi connectivity index (χ1n) is 8.37. The Morgan fingerprint density at radius 2 is 1.96 bits per heavy atom. The van der Waals surface area contributed by atoms with E-state index in [-0.39, 0.29) is 5.91 Å². The summed E-state index contributed by atoms with van der Waals surface area (Å²) in [4.78, 5) is 16.4. The van der Waals surface area contributed by atoms with Gasteiger partial charge >= 0.3 is 0 Å². The van der Waals surface area contributed by atoms with Gasteiger partial charge in [-0.25, -0.2) is 4.98 Å². The normalized spacial score (nSPS) is 10.5. The molecule has 134 valence electrons. The van der Waals surface area contributed by atoms with Crippen LogP contribution in [0.5, 0.6) is 5.75 Å². The molecule has 0 aliphatic carbocycles. The van der Waals surface area contributed by atoms with Crippen LogP contribution in [0.4, 0.5) is 0 Å². The molecule has 0 unspecified atom stereocenters. The van der Waals surface area contributed by atoms with Crippen molar-refractivity contribution in [2.24, 2.45) is 0 Å².